The molecule has 1 atom stereocenters. The van der Waals surface area contributed by atoms with Crippen LogP contribution in [0.3, 0.4) is 0 Å². The average molecular weight is 332 g/mol. The molecule has 1 aliphatic rings. The Kier molecular flexibility index (Phi) is 5.94. The van der Waals surface area contributed by atoms with Crippen LogP contribution in [0.1, 0.15) is 33.6 Å². The summed E-state index contributed by atoms with van der Waals surface area (Å²) in [6.07, 6.45) is 4.33. The SMILES string of the molecule is CN(CCC(=O)Nc1cccnc1)C[C@@H]1CC(=O)N(C(C)(C)C)C1. The second-order valence-electron chi connectivity index (χ2n) is 7.55. The summed E-state index contributed by atoms with van der Waals surface area (Å²) >= 11 is 0. The van der Waals surface area contributed by atoms with Gasteiger partial charge >= 0.3 is 0 Å². The number of rotatable bonds is 6. The molecule has 2 amide bonds. The van der Waals surface area contributed by atoms with Gasteiger partial charge in [-0.15, -0.1) is 0 Å². The summed E-state index contributed by atoms with van der Waals surface area (Å²) in [4.78, 5) is 32.1. The van der Waals surface area contributed by atoms with E-state index >= 15 is 0 Å². The molecule has 0 bridgehead atoms. The number of hydrogen-bond acceptors (Lipinski definition) is 4. The third-order valence-electron chi connectivity index (χ3n) is 4.25. The van der Waals surface area contributed by atoms with Crippen molar-refractivity contribution in [2.45, 2.75) is 39.2 Å². The number of nitrogens with one attached hydrogen (secondary N) is 1. The van der Waals surface area contributed by atoms with E-state index in [4.69, 9.17) is 0 Å². The number of carbonyl (C=O) groups excluding carboxylic acids is 2. The smallest absolute Gasteiger partial charge is 0.225 e. The fourth-order valence-corrected chi connectivity index (χ4v) is 3.04. The van der Waals surface area contributed by atoms with Crippen molar-refractivity contribution >= 4 is 17.5 Å². The Morgan fingerprint density at radius 1 is 1.46 bits per heavy atom. The van der Waals surface area contributed by atoms with Crippen molar-refractivity contribution in [2.75, 3.05) is 32.0 Å². The second kappa shape index (κ2) is 7.75. The summed E-state index contributed by atoms with van der Waals surface area (Å²) in [7, 11) is 2.00. The molecule has 0 radical (unpaired) electrons. The van der Waals surface area contributed by atoms with Crippen LogP contribution in [0.2, 0.25) is 0 Å². The zero-order valence-electron chi connectivity index (χ0n) is 15.1. The Bertz CT molecular complexity index is 568. The van der Waals surface area contributed by atoms with E-state index < -0.39 is 0 Å². The summed E-state index contributed by atoms with van der Waals surface area (Å²) in [5, 5.41) is 2.83. The minimum absolute atomic E-state index is 0.0198. The Hall–Kier alpha value is -1.95. The first-order valence-electron chi connectivity index (χ1n) is 8.44. The highest BCUT2D eigenvalue weighted by Crippen LogP contribution is 2.26. The van der Waals surface area contributed by atoms with Gasteiger partial charge in [-0.05, 0) is 45.9 Å². The van der Waals surface area contributed by atoms with Crippen LogP contribution in [0, 0.1) is 5.92 Å². The molecule has 1 fully saturated rings. The Morgan fingerprint density at radius 2 is 2.21 bits per heavy atom. The largest absolute Gasteiger partial charge is 0.338 e. The monoisotopic (exact) mass is 332 g/mol. The quantitative estimate of drug-likeness (QED) is 0.865. The normalized spacial score (nSPS) is 18.3. The molecule has 2 heterocycles. The molecule has 24 heavy (non-hydrogen) atoms. The van der Waals surface area contributed by atoms with Crippen molar-refractivity contribution in [3.63, 3.8) is 0 Å². The molecule has 2 rings (SSSR count). The number of anilines is 1. The number of hydrogen-bond donors (Lipinski definition) is 1. The van der Waals surface area contributed by atoms with Crippen molar-refractivity contribution in [1.29, 1.82) is 0 Å². The van der Waals surface area contributed by atoms with Crippen LogP contribution in [0.15, 0.2) is 24.5 Å². The first-order valence-corrected chi connectivity index (χ1v) is 8.44. The third-order valence-corrected chi connectivity index (χ3v) is 4.25. The highest BCUT2D eigenvalue weighted by Gasteiger charge is 2.36. The van der Waals surface area contributed by atoms with Gasteiger partial charge in [-0.1, -0.05) is 0 Å². The van der Waals surface area contributed by atoms with Crippen LogP contribution in [-0.2, 0) is 9.59 Å². The first kappa shape index (κ1) is 18.4. The highest BCUT2D eigenvalue weighted by molar-refractivity contribution is 5.90. The fraction of sp³-hybridized carbons (Fsp3) is 0.611. The van der Waals surface area contributed by atoms with E-state index in [2.05, 4.69) is 36.0 Å². The Morgan fingerprint density at radius 3 is 2.79 bits per heavy atom. The number of likely N-dealkylation sites (tertiary alicyclic amines) is 1. The standard InChI is InChI=1S/C18H28N4O2/c1-18(2,3)22-13-14(10-17(22)24)12-21(4)9-7-16(23)20-15-6-5-8-19-11-15/h5-6,8,11,14H,7,9-10,12-13H2,1-4H3,(H,20,23)/t14-/m0/s1. The van der Waals surface area contributed by atoms with Gasteiger partial charge in [-0.3, -0.25) is 14.6 Å². The van der Waals surface area contributed by atoms with Gasteiger partial charge in [-0.2, -0.15) is 0 Å². The molecule has 1 aromatic heterocycles. The predicted octanol–water partition coefficient (Wildman–Crippen LogP) is 1.99. The van der Waals surface area contributed by atoms with E-state index in [-0.39, 0.29) is 17.4 Å². The van der Waals surface area contributed by atoms with Crippen LogP contribution in [-0.4, -0.2) is 58.8 Å². The van der Waals surface area contributed by atoms with E-state index in [1.165, 1.54) is 0 Å². The van der Waals surface area contributed by atoms with Gasteiger partial charge in [0.15, 0.2) is 0 Å². The van der Waals surface area contributed by atoms with Crippen LogP contribution in [0.4, 0.5) is 5.69 Å². The van der Waals surface area contributed by atoms with Gasteiger partial charge in [0.05, 0.1) is 11.9 Å². The molecule has 0 saturated carbocycles. The molecule has 1 saturated heterocycles. The van der Waals surface area contributed by atoms with Crippen molar-refractivity contribution in [3.05, 3.63) is 24.5 Å². The molecule has 0 aromatic carbocycles. The van der Waals surface area contributed by atoms with Gasteiger partial charge in [0.2, 0.25) is 11.8 Å². The summed E-state index contributed by atoms with van der Waals surface area (Å²) in [6, 6.07) is 3.61. The maximum absolute atomic E-state index is 12.1. The molecule has 0 spiro atoms. The molecule has 6 heteroatoms. The molecular formula is C18H28N4O2. The number of pyridine rings is 1. The topological polar surface area (TPSA) is 65.5 Å². The van der Waals surface area contributed by atoms with Crippen LogP contribution in [0.25, 0.3) is 0 Å². The van der Waals surface area contributed by atoms with Crippen molar-refractivity contribution < 1.29 is 9.59 Å². The van der Waals surface area contributed by atoms with Gasteiger partial charge < -0.3 is 15.1 Å². The van der Waals surface area contributed by atoms with Crippen LogP contribution in [0.5, 0.6) is 0 Å². The van der Waals surface area contributed by atoms with Crippen LogP contribution >= 0.6 is 0 Å². The number of amides is 2. The van der Waals surface area contributed by atoms with Gasteiger partial charge in [0.25, 0.3) is 0 Å². The third kappa shape index (κ3) is 5.30. The molecule has 6 nitrogen and oxygen atoms in total. The molecule has 1 aliphatic heterocycles. The first-order chi connectivity index (χ1) is 11.3. The van der Waals surface area contributed by atoms with Crippen molar-refractivity contribution in [2.24, 2.45) is 5.92 Å². The lowest BCUT2D eigenvalue weighted by atomic mass is 10.1. The highest BCUT2D eigenvalue weighted by atomic mass is 16.2. The lowest BCUT2D eigenvalue weighted by Gasteiger charge is -2.32. The van der Waals surface area contributed by atoms with Crippen molar-refractivity contribution in [3.8, 4) is 0 Å². The van der Waals surface area contributed by atoms with E-state index in [1.807, 2.05) is 18.0 Å². The maximum Gasteiger partial charge on any atom is 0.225 e. The summed E-state index contributed by atoms with van der Waals surface area (Å²) in [6.45, 7) is 8.51. The van der Waals surface area contributed by atoms with Crippen LogP contribution < -0.4 is 5.32 Å². The number of carbonyl (C=O) groups is 2. The van der Waals surface area contributed by atoms with E-state index in [1.54, 1.807) is 18.5 Å². The van der Waals surface area contributed by atoms with Gasteiger partial charge in [-0.25, -0.2) is 0 Å². The van der Waals surface area contributed by atoms with Gasteiger partial charge in [0, 0.05) is 44.2 Å². The lowest BCUT2D eigenvalue weighted by molar-refractivity contribution is -0.131. The minimum Gasteiger partial charge on any atom is -0.338 e. The molecule has 0 aliphatic carbocycles. The zero-order chi connectivity index (χ0) is 17.7. The summed E-state index contributed by atoms with van der Waals surface area (Å²) < 4.78 is 0. The molecular weight excluding hydrogens is 304 g/mol. The average Bonchev–Trinajstić information content (AvgIpc) is 2.87. The minimum atomic E-state index is -0.117. The van der Waals surface area contributed by atoms with E-state index in [9.17, 15) is 9.59 Å². The Labute approximate surface area is 144 Å². The van der Waals surface area contributed by atoms with E-state index in [0.29, 0.717) is 31.0 Å². The zero-order valence-corrected chi connectivity index (χ0v) is 15.1. The second-order valence-corrected chi connectivity index (χ2v) is 7.55. The number of nitrogens with zero attached hydrogens (tertiary/aromatic N) is 3. The van der Waals surface area contributed by atoms with E-state index in [0.717, 1.165) is 13.1 Å². The molecule has 132 valence electrons. The molecule has 0 unspecified atom stereocenters. The molecule has 1 aromatic rings. The lowest BCUT2D eigenvalue weighted by Crippen LogP contribution is -2.42. The van der Waals surface area contributed by atoms with Gasteiger partial charge in [0.1, 0.15) is 0 Å². The maximum atomic E-state index is 12.1. The predicted molar refractivity (Wildman–Crippen MR) is 94.6 cm³/mol. The Balaban J connectivity index is 1.73. The molecule has 1 N–H and O–H groups in total. The summed E-state index contributed by atoms with van der Waals surface area (Å²) in [5.74, 6) is 0.548. The fourth-order valence-electron chi connectivity index (χ4n) is 3.04. The number of aromatic nitrogens is 1. The van der Waals surface area contributed by atoms with Crippen molar-refractivity contribution in [1.82, 2.24) is 14.8 Å². The summed E-state index contributed by atoms with van der Waals surface area (Å²) in [5.41, 5.74) is 0.598.